The lowest BCUT2D eigenvalue weighted by Gasteiger charge is -2.42. The topological polar surface area (TPSA) is 21.3 Å². The van der Waals surface area contributed by atoms with E-state index in [0.29, 0.717) is 0 Å². The molecule has 0 aromatic rings. The van der Waals surface area contributed by atoms with Crippen molar-refractivity contribution < 1.29 is 4.74 Å². The predicted octanol–water partition coefficient (Wildman–Crippen LogP) is 4.14. The fourth-order valence-corrected chi connectivity index (χ4v) is 2.48. The zero-order valence-corrected chi connectivity index (χ0v) is 13.1. The van der Waals surface area contributed by atoms with Crippen LogP contribution in [0.25, 0.3) is 0 Å². The summed E-state index contributed by atoms with van der Waals surface area (Å²) in [4.78, 5) is 0. The smallest absolute Gasteiger partial charge is 0.0694 e. The molecule has 2 heteroatoms. The highest BCUT2D eigenvalue weighted by atomic mass is 16.5. The Morgan fingerprint density at radius 3 is 2.33 bits per heavy atom. The Kier molecular flexibility index (Phi) is 6.13. The first-order valence-corrected chi connectivity index (χ1v) is 7.72. The van der Waals surface area contributed by atoms with Gasteiger partial charge >= 0.3 is 0 Å². The number of rotatable bonds is 8. The van der Waals surface area contributed by atoms with Gasteiger partial charge in [0, 0.05) is 12.1 Å². The lowest BCUT2D eigenvalue weighted by atomic mass is 9.77. The lowest BCUT2D eigenvalue weighted by molar-refractivity contribution is -0.106. The molecule has 0 aliphatic heterocycles. The quantitative estimate of drug-likeness (QED) is 0.658. The van der Waals surface area contributed by atoms with Crippen molar-refractivity contribution >= 4 is 0 Å². The Hall–Kier alpha value is -0.0800. The van der Waals surface area contributed by atoms with Crippen molar-refractivity contribution in [2.75, 3.05) is 13.2 Å². The van der Waals surface area contributed by atoms with Gasteiger partial charge in [-0.25, -0.2) is 0 Å². The van der Waals surface area contributed by atoms with E-state index in [9.17, 15) is 0 Å². The normalized spacial score (nSPS) is 19.0. The summed E-state index contributed by atoms with van der Waals surface area (Å²) < 4.78 is 6.19. The summed E-state index contributed by atoms with van der Waals surface area (Å²) in [5, 5.41) is 3.57. The molecule has 0 bridgehead atoms. The third kappa shape index (κ3) is 6.19. The van der Waals surface area contributed by atoms with Crippen molar-refractivity contribution in [2.45, 2.75) is 84.3 Å². The van der Waals surface area contributed by atoms with Crippen molar-refractivity contribution in [3.63, 3.8) is 0 Å². The summed E-state index contributed by atoms with van der Waals surface area (Å²) in [6, 6.07) is 0. The fraction of sp³-hybridized carbons (Fsp3) is 1.00. The first-order valence-electron chi connectivity index (χ1n) is 7.72. The van der Waals surface area contributed by atoms with Gasteiger partial charge in [-0.1, -0.05) is 13.8 Å². The van der Waals surface area contributed by atoms with Crippen LogP contribution in [0.3, 0.4) is 0 Å². The predicted molar refractivity (Wildman–Crippen MR) is 79.0 cm³/mol. The molecule has 0 saturated heterocycles. The molecule has 0 heterocycles. The first-order chi connectivity index (χ1) is 8.33. The van der Waals surface area contributed by atoms with Crippen LogP contribution >= 0.6 is 0 Å². The van der Waals surface area contributed by atoms with E-state index >= 15 is 0 Å². The number of hydrogen-bond acceptors (Lipinski definition) is 2. The average molecular weight is 255 g/mol. The Balaban J connectivity index is 2.17. The molecule has 1 aliphatic rings. The Bertz CT molecular complexity index is 226. The molecule has 1 aliphatic carbocycles. The third-order valence-electron chi connectivity index (χ3n) is 3.83. The fourth-order valence-electron chi connectivity index (χ4n) is 2.48. The molecule has 2 nitrogen and oxygen atoms in total. The zero-order valence-electron chi connectivity index (χ0n) is 13.1. The van der Waals surface area contributed by atoms with Crippen molar-refractivity contribution in [2.24, 2.45) is 5.92 Å². The highest BCUT2D eigenvalue weighted by molar-refractivity contribution is 4.91. The van der Waals surface area contributed by atoms with Crippen LogP contribution < -0.4 is 5.32 Å². The van der Waals surface area contributed by atoms with E-state index in [0.717, 1.165) is 19.1 Å². The molecule has 0 aromatic heterocycles. The molecule has 1 saturated carbocycles. The van der Waals surface area contributed by atoms with E-state index in [1.807, 2.05) is 0 Å². The second-order valence-corrected chi connectivity index (χ2v) is 7.35. The van der Waals surface area contributed by atoms with Gasteiger partial charge in [-0.2, -0.15) is 0 Å². The van der Waals surface area contributed by atoms with Gasteiger partial charge in [-0.3, -0.25) is 0 Å². The summed E-state index contributed by atoms with van der Waals surface area (Å²) in [7, 11) is 0. The second-order valence-electron chi connectivity index (χ2n) is 7.35. The average Bonchev–Trinajstić information content (AvgIpc) is 2.17. The van der Waals surface area contributed by atoms with Gasteiger partial charge in [0.15, 0.2) is 0 Å². The largest absolute Gasteiger partial charge is 0.375 e. The van der Waals surface area contributed by atoms with E-state index in [1.54, 1.807) is 0 Å². The van der Waals surface area contributed by atoms with Crippen LogP contribution in [0.15, 0.2) is 0 Å². The Morgan fingerprint density at radius 2 is 1.89 bits per heavy atom. The molecule has 0 unspecified atom stereocenters. The minimum Gasteiger partial charge on any atom is -0.375 e. The summed E-state index contributed by atoms with van der Waals surface area (Å²) >= 11 is 0. The van der Waals surface area contributed by atoms with Gasteiger partial charge < -0.3 is 10.1 Å². The van der Waals surface area contributed by atoms with Gasteiger partial charge in [0.1, 0.15) is 0 Å². The van der Waals surface area contributed by atoms with Gasteiger partial charge in [0.05, 0.1) is 5.60 Å². The Labute approximate surface area is 114 Å². The molecule has 1 rings (SSSR count). The molecule has 1 fully saturated rings. The Morgan fingerprint density at radius 1 is 1.22 bits per heavy atom. The van der Waals surface area contributed by atoms with Crippen LogP contribution in [0, 0.1) is 5.92 Å². The van der Waals surface area contributed by atoms with Crippen LogP contribution in [0.4, 0.5) is 0 Å². The molecule has 0 radical (unpaired) electrons. The molecular weight excluding hydrogens is 222 g/mol. The first kappa shape index (κ1) is 16.0. The zero-order chi connectivity index (χ0) is 13.6. The van der Waals surface area contributed by atoms with Crippen LogP contribution in [0.5, 0.6) is 0 Å². The summed E-state index contributed by atoms with van der Waals surface area (Å²) in [6.07, 6.45) is 7.55. The SMILES string of the molecule is CC(C)CCCOC1(CCNC(C)(C)C)CCC1. The van der Waals surface area contributed by atoms with Crippen molar-refractivity contribution in [3.05, 3.63) is 0 Å². The van der Waals surface area contributed by atoms with Gasteiger partial charge in [-0.15, -0.1) is 0 Å². The van der Waals surface area contributed by atoms with Gasteiger partial charge in [-0.05, 0) is 71.8 Å². The lowest BCUT2D eigenvalue weighted by Crippen LogP contribution is -2.45. The van der Waals surface area contributed by atoms with Crippen molar-refractivity contribution in [3.8, 4) is 0 Å². The standard InChI is InChI=1S/C16H33NO/c1-14(2)8-6-13-18-16(9-7-10-16)11-12-17-15(3,4)5/h14,17H,6-13H2,1-5H3. The van der Waals surface area contributed by atoms with Gasteiger partial charge in [0.25, 0.3) is 0 Å². The van der Waals surface area contributed by atoms with E-state index < -0.39 is 0 Å². The second kappa shape index (κ2) is 6.91. The van der Waals surface area contributed by atoms with Crippen LogP contribution in [-0.4, -0.2) is 24.3 Å². The van der Waals surface area contributed by atoms with Gasteiger partial charge in [0.2, 0.25) is 0 Å². The maximum atomic E-state index is 6.19. The number of hydrogen-bond donors (Lipinski definition) is 1. The van der Waals surface area contributed by atoms with Crippen molar-refractivity contribution in [1.29, 1.82) is 0 Å². The minimum atomic E-state index is 0.217. The highest BCUT2D eigenvalue weighted by Crippen LogP contribution is 2.38. The van der Waals surface area contributed by atoms with E-state index in [4.69, 9.17) is 4.74 Å². The number of nitrogens with one attached hydrogen (secondary N) is 1. The summed E-state index contributed by atoms with van der Waals surface area (Å²) in [5.74, 6) is 0.800. The van der Waals surface area contributed by atoms with E-state index in [1.165, 1.54) is 38.5 Å². The molecule has 0 aromatic carbocycles. The highest BCUT2D eigenvalue weighted by Gasteiger charge is 2.37. The maximum Gasteiger partial charge on any atom is 0.0694 e. The monoisotopic (exact) mass is 255 g/mol. The molecule has 18 heavy (non-hydrogen) atoms. The molecule has 1 N–H and O–H groups in total. The summed E-state index contributed by atoms with van der Waals surface area (Å²) in [5.41, 5.74) is 0.442. The van der Waals surface area contributed by atoms with E-state index in [2.05, 4.69) is 39.9 Å². The molecular formula is C16H33NO. The molecule has 0 atom stereocenters. The number of ether oxygens (including phenoxy) is 1. The molecule has 0 amide bonds. The van der Waals surface area contributed by atoms with E-state index in [-0.39, 0.29) is 11.1 Å². The van der Waals surface area contributed by atoms with Crippen LogP contribution in [-0.2, 0) is 4.74 Å². The molecule has 0 spiro atoms. The maximum absolute atomic E-state index is 6.19. The van der Waals surface area contributed by atoms with Crippen LogP contribution in [0.1, 0.15) is 73.1 Å². The van der Waals surface area contributed by atoms with Crippen LogP contribution in [0.2, 0.25) is 0 Å². The molecule has 108 valence electrons. The van der Waals surface area contributed by atoms with Crippen molar-refractivity contribution in [1.82, 2.24) is 5.32 Å². The third-order valence-corrected chi connectivity index (χ3v) is 3.83. The minimum absolute atomic E-state index is 0.217. The summed E-state index contributed by atoms with van der Waals surface area (Å²) in [6.45, 7) is 13.3.